The molecule has 1 aromatic carbocycles. The van der Waals surface area contributed by atoms with Gasteiger partial charge in [-0.2, -0.15) is 0 Å². The third-order valence-corrected chi connectivity index (χ3v) is 3.19. The molecule has 4 nitrogen and oxygen atoms in total. The van der Waals surface area contributed by atoms with Crippen molar-refractivity contribution in [1.29, 1.82) is 0 Å². The summed E-state index contributed by atoms with van der Waals surface area (Å²) in [6.07, 6.45) is 0. The molecule has 0 aliphatic carbocycles. The number of carboxylic acids is 1. The number of aryl methyl sites for hydroxylation is 1. The number of carbonyl (C=O) groups is 1. The van der Waals surface area contributed by atoms with Gasteiger partial charge in [0.2, 0.25) is 0 Å². The average Bonchev–Trinajstić information content (AvgIpc) is 2.60. The molecule has 0 spiro atoms. The topological polar surface area (TPSA) is 76.2 Å². The number of nitrogens with two attached hydrogens (primary N) is 1. The molecule has 0 saturated carbocycles. The van der Waals surface area contributed by atoms with Crippen molar-refractivity contribution in [3.8, 4) is 10.6 Å². The van der Waals surface area contributed by atoms with Crippen LogP contribution in [0.25, 0.3) is 10.6 Å². The standard InChI is InChI=1S/C11H9FN2O2S/c1-5-4-6(12)2-3-7(5)10-14-8(11(15)16)9(13)17-10/h2-4H,13H2,1H3,(H,15,16). The molecule has 1 aromatic heterocycles. The molecule has 3 N–H and O–H groups in total. The lowest BCUT2D eigenvalue weighted by Gasteiger charge is -2.01. The summed E-state index contributed by atoms with van der Waals surface area (Å²) in [5.41, 5.74) is 6.78. The highest BCUT2D eigenvalue weighted by molar-refractivity contribution is 7.19. The molecule has 0 saturated heterocycles. The number of rotatable bonds is 2. The van der Waals surface area contributed by atoms with Crippen LogP contribution in [0.2, 0.25) is 0 Å². The molecule has 1 heterocycles. The normalized spacial score (nSPS) is 10.5. The smallest absolute Gasteiger partial charge is 0.357 e. The fourth-order valence-corrected chi connectivity index (χ4v) is 2.38. The van der Waals surface area contributed by atoms with Crippen LogP contribution in [-0.4, -0.2) is 16.1 Å². The van der Waals surface area contributed by atoms with E-state index >= 15 is 0 Å². The Kier molecular flexibility index (Phi) is 2.81. The Balaban J connectivity index is 2.53. The van der Waals surface area contributed by atoms with E-state index in [2.05, 4.69) is 4.98 Å². The average molecular weight is 252 g/mol. The zero-order valence-electron chi connectivity index (χ0n) is 8.90. The number of aromatic nitrogens is 1. The third kappa shape index (κ3) is 2.12. The number of hydrogen-bond acceptors (Lipinski definition) is 4. The van der Waals surface area contributed by atoms with Crippen molar-refractivity contribution < 1.29 is 14.3 Å². The predicted molar refractivity (Wildman–Crippen MR) is 63.6 cm³/mol. The first kappa shape index (κ1) is 11.5. The van der Waals surface area contributed by atoms with Gasteiger partial charge in [-0.05, 0) is 30.7 Å². The minimum Gasteiger partial charge on any atom is -0.476 e. The molecule has 0 amide bonds. The number of anilines is 1. The van der Waals surface area contributed by atoms with E-state index in [0.29, 0.717) is 16.1 Å². The first-order valence-electron chi connectivity index (χ1n) is 4.75. The van der Waals surface area contributed by atoms with Gasteiger partial charge in [-0.1, -0.05) is 11.3 Å². The summed E-state index contributed by atoms with van der Waals surface area (Å²) < 4.78 is 12.9. The van der Waals surface area contributed by atoms with E-state index < -0.39 is 5.97 Å². The van der Waals surface area contributed by atoms with Gasteiger partial charge in [0, 0.05) is 5.56 Å². The molecule has 0 bridgehead atoms. The molecule has 0 radical (unpaired) electrons. The maximum Gasteiger partial charge on any atom is 0.357 e. The minimum atomic E-state index is -1.16. The lowest BCUT2D eigenvalue weighted by atomic mass is 10.1. The highest BCUT2D eigenvalue weighted by Gasteiger charge is 2.17. The van der Waals surface area contributed by atoms with Crippen molar-refractivity contribution in [3.63, 3.8) is 0 Å². The number of nitrogen functional groups attached to an aromatic ring is 1. The van der Waals surface area contributed by atoms with Crippen molar-refractivity contribution in [3.05, 3.63) is 35.3 Å². The largest absolute Gasteiger partial charge is 0.476 e. The van der Waals surface area contributed by atoms with Crippen molar-refractivity contribution in [2.75, 3.05) is 5.73 Å². The number of aromatic carboxylic acids is 1. The highest BCUT2D eigenvalue weighted by Crippen LogP contribution is 2.32. The van der Waals surface area contributed by atoms with Crippen LogP contribution < -0.4 is 5.73 Å². The van der Waals surface area contributed by atoms with Crippen molar-refractivity contribution in [1.82, 2.24) is 4.98 Å². The molecule has 6 heteroatoms. The quantitative estimate of drug-likeness (QED) is 0.861. The second kappa shape index (κ2) is 4.14. The lowest BCUT2D eigenvalue weighted by molar-refractivity contribution is 0.0692. The summed E-state index contributed by atoms with van der Waals surface area (Å²) in [4.78, 5) is 14.8. The first-order valence-corrected chi connectivity index (χ1v) is 5.57. The Morgan fingerprint density at radius 2 is 2.24 bits per heavy atom. The first-order chi connectivity index (χ1) is 7.99. The molecule has 88 valence electrons. The van der Waals surface area contributed by atoms with Gasteiger partial charge in [0.1, 0.15) is 15.8 Å². The second-order valence-electron chi connectivity index (χ2n) is 3.50. The fourth-order valence-electron chi connectivity index (χ4n) is 1.47. The molecule has 0 fully saturated rings. The van der Waals surface area contributed by atoms with Gasteiger partial charge in [-0.15, -0.1) is 0 Å². The molecule has 2 aromatic rings. The van der Waals surface area contributed by atoms with E-state index in [9.17, 15) is 9.18 Å². The highest BCUT2D eigenvalue weighted by atomic mass is 32.1. The summed E-state index contributed by atoms with van der Waals surface area (Å²) in [6, 6.07) is 4.24. The Hall–Kier alpha value is -1.95. The van der Waals surface area contributed by atoms with Gasteiger partial charge in [-0.3, -0.25) is 0 Å². The molecule has 2 rings (SSSR count). The van der Waals surface area contributed by atoms with Crippen LogP contribution >= 0.6 is 11.3 Å². The zero-order chi connectivity index (χ0) is 12.6. The molecule has 17 heavy (non-hydrogen) atoms. The Morgan fingerprint density at radius 3 is 2.76 bits per heavy atom. The molecule has 0 unspecified atom stereocenters. The maximum absolute atomic E-state index is 12.9. The van der Waals surface area contributed by atoms with Crippen LogP contribution in [0.3, 0.4) is 0 Å². The van der Waals surface area contributed by atoms with Crippen molar-refractivity contribution in [2.24, 2.45) is 0 Å². The van der Waals surface area contributed by atoms with E-state index in [1.807, 2.05) is 0 Å². The lowest BCUT2D eigenvalue weighted by Crippen LogP contribution is -2.00. The van der Waals surface area contributed by atoms with E-state index in [0.717, 1.165) is 11.3 Å². The Bertz CT molecular complexity index is 595. The van der Waals surface area contributed by atoms with E-state index in [4.69, 9.17) is 10.8 Å². The number of thiazole rings is 1. The summed E-state index contributed by atoms with van der Waals surface area (Å²) in [5, 5.41) is 9.48. The molecule has 0 aliphatic heterocycles. The van der Waals surface area contributed by atoms with Crippen LogP contribution in [0.4, 0.5) is 9.39 Å². The summed E-state index contributed by atoms with van der Waals surface area (Å²) in [6.45, 7) is 1.73. The van der Waals surface area contributed by atoms with Gasteiger partial charge < -0.3 is 10.8 Å². The molecular formula is C11H9FN2O2S. The second-order valence-corrected chi connectivity index (χ2v) is 4.53. The number of nitrogens with zero attached hydrogens (tertiary/aromatic N) is 1. The van der Waals surface area contributed by atoms with Gasteiger partial charge in [0.25, 0.3) is 0 Å². The van der Waals surface area contributed by atoms with Crippen LogP contribution in [0.15, 0.2) is 18.2 Å². The fraction of sp³-hybridized carbons (Fsp3) is 0.0909. The van der Waals surface area contributed by atoms with Gasteiger partial charge in [0.15, 0.2) is 5.69 Å². The van der Waals surface area contributed by atoms with Crippen molar-refractivity contribution in [2.45, 2.75) is 6.92 Å². The van der Waals surface area contributed by atoms with Gasteiger partial charge in [0.05, 0.1) is 0 Å². The van der Waals surface area contributed by atoms with Crippen molar-refractivity contribution >= 4 is 22.3 Å². The summed E-state index contributed by atoms with van der Waals surface area (Å²) >= 11 is 1.08. The predicted octanol–water partition coefficient (Wildman–Crippen LogP) is 2.54. The van der Waals surface area contributed by atoms with Gasteiger partial charge >= 0.3 is 5.97 Å². The van der Waals surface area contributed by atoms with E-state index in [1.165, 1.54) is 12.1 Å². The molecular weight excluding hydrogens is 243 g/mol. The zero-order valence-corrected chi connectivity index (χ0v) is 9.71. The maximum atomic E-state index is 12.9. The Labute approximate surface area is 101 Å². The number of hydrogen-bond donors (Lipinski definition) is 2. The van der Waals surface area contributed by atoms with Crippen LogP contribution in [0, 0.1) is 12.7 Å². The van der Waals surface area contributed by atoms with Crippen LogP contribution in [0.1, 0.15) is 16.1 Å². The SMILES string of the molecule is Cc1cc(F)ccc1-c1nc(C(=O)O)c(N)s1. The van der Waals surface area contributed by atoms with E-state index in [-0.39, 0.29) is 16.5 Å². The summed E-state index contributed by atoms with van der Waals surface area (Å²) in [5.74, 6) is -1.50. The monoisotopic (exact) mass is 252 g/mol. The minimum absolute atomic E-state index is 0.149. The van der Waals surface area contributed by atoms with E-state index in [1.54, 1.807) is 13.0 Å². The van der Waals surface area contributed by atoms with Gasteiger partial charge in [-0.25, -0.2) is 14.2 Å². The van der Waals surface area contributed by atoms with Crippen LogP contribution in [0.5, 0.6) is 0 Å². The van der Waals surface area contributed by atoms with Crippen LogP contribution in [-0.2, 0) is 0 Å². The Morgan fingerprint density at radius 1 is 1.53 bits per heavy atom. The molecule has 0 atom stereocenters. The summed E-state index contributed by atoms with van der Waals surface area (Å²) in [7, 11) is 0. The third-order valence-electron chi connectivity index (χ3n) is 2.27. The number of halogens is 1. The number of benzene rings is 1. The number of carboxylic acid groups (broad SMARTS) is 1. The molecule has 0 aliphatic rings.